The summed E-state index contributed by atoms with van der Waals surface area (Å²) < 4.78 is 0. The van der Waals surface area contributed by atoms with E-state index in [1.165, 1.54) is 44.2 Å². The van der Waals surface area contributed by atoms with E-state index in [1.807, 2.05) is 37.2 Å². The Morgan fingerprint density at radius 3 is 0.886 bits per heavy atom. The molecule has 0 fully saturated rings. The fourth-order valence-electron chi connectivity index (χ4n) is 10.3. The molecule has 70 heavy (non-hydrogen) atoms. The van der Waals surface area contributed by atoms with Crippen LogP contribution in [0.5, 0.6) is 0 Å². The molecule has 0 unspecified atom stereocenters. The molecule has 0 saturated heterocycles. The zero-order valence-electron chi connectivity index (χ0n) is 37.8. The first kappa shape index (κ1) is 40.7. The van der Waals surface area contributed by atoms with Crippen LogP contribution in [-0.4, -0.2) is 29.9 Å². The standard InChI is InChI=1S/C64H40N6/c1-11-42(25-48(17-1)54-32-65-38-66-33-54)45-14-4-20-51(28-45)59-31-60(52-21-5-15-46(29-52)43-12-2-18-49(26-43)55-34-67-39-68-35-55)63-57-23-7-9-41-10-8-24-58(61(41)57)64(63)62(59)53-22-6-16-47(30-53)44-13-3-19-50(27-44)56-36-69-40-70-37-56/h1-40H. The molecule has 0 atom stereocenters. The quantitative estimate of drug-likeness (QED) is 0.144. The lowest BCUT2D eigenvalue weighted by atomic mass is 9.81. The van der Waals surface area contributed by atoms with Gasteiger partial charge >= 0.3 is 0 Å². The van der Waals surface area contributed by atoms with Crippen LogP contribution < -0.4 is 0 Å². The monoisotopic (exact) mass is 892 g/mol. The Bertz CT molecular complexity index is 3940. The Morgan fingerprint density at radius 2 is 0.486 bits per heavy atom. The Kier molecular flexibility index (Phi) is 10.1. The van der Waals surface area contributed by atoms with Crippen molar-refractivity contribution >= 4 is 10.8 Å². The van der Waals surface area contributed by atoms with Gasteiger partial charge < -0.3 is 0 Å². The second-order valence-electron chi connectivity index (χ2n) is 17.7. The third-order valence-electron chi connectivity index (χ3n) is 13.5. The van der Waals surface area contributed by atoms with Gasteiger partial charge in [-0.05, 0) is 159 Å². The first-order valence-electron chi connectivity index (χ1n) is 23.3. The smallest absolute Gasteiger partial charge is 0.115 e. The molecule has 12 aromatic rings. The first-order valence-corrected chi connectivity index (χ1v) is 23.3. The van der Waals surface area contributed by atoms with Crippen molar-refractivity contribution in [2.45, 2.75) is 0 Å². The Labute approximate surface area is 405 Å². The lowest BCUT2D eigenvalue weighted by Crippen LogP contribution is -1.95. The number of fused-ring (bicyclic) bond motifs is 3. The van der Waals surface area contributed by atoms with Gasteiger partial charge in [-0.2, -0.15) is 0 Å². The van der Waals surface area contributed by atoms with Crippen molar-refractivity contribution in [3.63, 3.8) is 0 Å². The summed E-state index contributed by atoms with van der Waals surface area (Å²) in [4.78, 5) is 25.8. The average molecular weight is 893 g/mol. The van der Waals surface area contributed by atoms with Crippen LogP contribution in [0.25, 0.3) is 133 Å². The molecule has 0 amide bonds. The number of aromatic nitrogens is 6. The van der Waals surface area contributed by atoms with Crippen LogP contribution in [0.3, 0.4) is 0 Å². The first-order chi connectivity index (χ1) is 34.7. The average Bonchev–Trinajstić information content (AvgIpc) is 3.79. The molecule has 0 spiro atoms. The molecule has 6 nitrogen and oxygen atoms in total. The van der Waals surface area contributed by atoms with Gasteiger partial charge in [-0.15, -0.1) is 0 Å². The maximum atomic E-state index is 4.31. The Balaban J connectivity index is 1.06. The summed E-state index contributed by atoms with van der Waals surface area (Å²) in [5.41, 5.74) is 24.8. The van der Waals surface area contributed by atoms with Crippen molar-refractivity contribution in [1.82, 2.24) is 29.9 Å². The van der Waals surface area contributed by atoms with Crippen LogP contribution >= 0.6 is 0 Å². The molecule has 0 aliphatic heterocycles. The van der Waals surface area contributed by atoms with Crippen molar-refractivity contribution in [2.24, 2.45) is 0 Å². The second kappa shape index (κ2) is 17.3. The second-order valence-corrected chi connectivity index (χ2v) is 17.7. The number of hydrogen-bond acceptors (Lipinski definition) is 6. The highest BCUT2D eigenvalue weighted by atomic mass is 14.8. The maximum Gasteiger partial charge on any atom is 0.115 e. The molecule has 0 bridgehead atoms. The zero-order chi connectivity index (χ0) is 46.4. The van der Waals surface area contributed by atoms with Gasteiger partial charge in [0.2, 0.25) is 0 Å². The highest BCUT2D eigenvalue weighted by Gasteiger charge is 2.30. The van der Waals surface area contributed by atoms with Crippen LogP contribution in [0.15, 0.2) is 244 Å². The molecule has 9 aromatic carbocycles. The van der Waals surface area contributed by atoms with Crippen LogP contribution in [0, 0.1) is 0 Å². The molecule has 0 saturated carbocycles. The van der Waals surface area contributed by atoms with Crippen LogP contribution in [-0.2, 0) is 0 Å². The third kappa shape index (κ3) is 7.32. The summed E-state index contributed by atoms with van der Waals surface area (Å²) in [5, 5.41) is 2.50. The molecular weight excluding hydrogens is 853 g/mol. The lowest BCUT2D eigenvalue weighted by molar-refractivity contribution is 1.17. The van der Waals surface area contributed by atoms with Crippen LogP contribution in [0.2, 0.25) is 0 Å². The van der Waals surface area contributed by atoms with Gasteiger partial charge in [0.15, 0.2) is 0 Å². The van der Waals surface area contributed by atoms with E-state index in [4.69, 9.17) is 0 Å². The summed E-state index contributed by atoms with van der Waals surface area (Å²) in [5.74, 6) is 0. The number of nitrogens with zero attached hydrogens (tertiary/aromatic N) is 6. The topological polar surface area (TPSA) is 77.3 Å². The van der Waals surface area contributed by atoms with Gasteiger partial charge in [0.25, 0.3) is 0 Å². The van der Waals surface area contributed by atoms with Crippen molar-refractivity contribution in [2.75, 3.05) is 0 Å². The number of hydrogen-bond donors (Lipinski definition) is 0. The molecule has 13 rings (SSSR count). The number of rotatable bonds is 9. The summed E-state index contributed by atoms with van der Waals surface area (Å²) in [6.07, 6.45) is 15.9. The van der Waals surface area contributed by atoms with E-state index in [0.29, 0.717) is 0 Å². The molecule has 3 heterocycles. The Morgan fingerprint density at radius 1 is 0.200 bits per heavy atom. The van der Waals surface area contributed by atoms with E-state index < -0.39 is 0 Å². The normalized spacial score (nSPS) is 11.4. The molecule has 0 N–H and O–H groups in total. The molecule has 326 valence electrons. The summed E-state index contributed by atoms with van der Waals surface area (Å²) >= 11 is 0. The maximum absolute atomic E-state index is 4.31. The molecule has 0 radical (unpaired) electrons. The number of benzene rings is 9. The van der Waals surface area contributed by atoms with Crippen LogP contribution in [0.4, 0.5) is 0 Å². The van der Waals surface area contributed by atoms with E-state index in [-0.39, 0.29) is 0 Å². The van der Waals surface area contributed by atoms with Crippen molar-refractivity contribution in [3.8, 4) is 122 Å². The van der Waals surface area contributed by atoms with Gasteiger partial charge in [0.1, 0.15) is 19.0 Å². The van der Waals surface area contributed by atoms with E-state index >= 15 is 0 Å². The largest absolute Gasteiger partial charge is 0.244 e. The van der Waals surface area contributed by atoms with E-state index in [9.17, 15) is 0 Å². The minimum absolute atomic E-state index is 0.977. The lowest BCUT2D eigenvalue weighted by Gasteiger charge is -2.22. The van der Waals surface area contributed by atoms with Gasteiger partial charge in [0, 0.05) is 53.9 Å². The third-order valence-corrected chi connectivity index (χ3v) is 13.5. The molecular formula is C64H40N6. The van der Waals surface area contributed by atoms with E-state index in [1.54, 1.807) is 19.0 Å². The Hall–Kier alpha value is -9.52. The van der Waals surface area contributed by atoms with Gasteiger partial charge in [0.05, 0.1) is 0 Å². The summed E-state index contributed by atoms with van der Waals surface area (Å²) in [7, 11) is 0. The van der Waals surface area contributed by atoms with E-state index in [2.05, 4.69) is 218 Å². The fraction of sp³-hybridized carbons (Fsp3) is 0. The summed E-state index contributed by atoms with van der Waals surface area (Å²) in [6.45, 7) is 0. The fourth-order valence-corrected chi connectivity index (χ4v) is 10.3. The molecule has 3 aromatic heterocycles. The van der Waals surface area contributed by atoms with Gasteiger partial charge in [-0.3, -0.25) is 0 Å². The van der Waals surface area contributed by atoms with Crippen molar-refractivity contribution in [1.29, 1.82) is 0 Å². The predicted octanol–water partition coefficient (Wildman–Crippen LogP) is 15.9. The zero-order valence-corrected chi connectivity index (χ0v) is 37.8. The molecule has 1 aliphatic carbocycles. The highest BCUT2D eigenvalue weighted by Crippen LogP contribution is 2.57. The summed E-state index contributed by atoms with van der Waals surface area (Å²) in [6, 6.07) is 69.0. The van der Waals surface area contributed by atoms with Crippen molar-refractivity contribution < 1.29 is 0 Å². The van der Waals surface area contributed by atoms with Gasteiger partial charge in [-0.25, -0.2) is 29.9 Å². The molecule has 6 heteroatoms. The van der Waals surface area contributed by atoms with Crippen molar-refractivity contribution in [3.05, 3.63) is 244 Å². The van der Waals surface area contributed by atoms with Crippen LogP contribution in [0.1, 0.15) is 0 Å². The highest BCUT2D eigenvalue weighted by molar-refractivity contribution is 6.23. The van der Waals surface area contributed by atoms with Gasteiger partial charge in [-0.1, -0.05) is 146 Å². The SMILES string of the molecule is c1cc(-c2cncnc2)cc(-c2cccc(-c3cc(-c4cccc(-c5cccc(-c6cncnc6)c5)c4)c4c(c3-c3cccc(-c5cccc(-c6cncnc6)c5)c3)-c3cccc5cccc-4c35)c2)c1. The minimum atomic E-state index is 0.977. The minimum Gasteiger partial charge on any atom is -0.244 e. The predicted molar refractivity (Wildman–Crippen MR) is 284 cm³/mol. The molecule has 1 aliphatic rings. The van der Waals surface area contributed by atoms with E-state index in [0.717, 1.165) is 89.0 Å².